The minimum Gasteiger partial charge on any atom is -0.508 e. The summed E-state index contributed by atoms with van der Waals surface area (Å²) < 4.78 is 15.4. The van der Waals surface area contributed by atoms with Crippen LogP contribution in [0.5, 0.6) is 11.5 Å². The molecule has 0 amide bonds. The fraction of sp³-hybridized carbons (Fsp3) is 0.217. The second-order valence-electron chi connectivity index (χ2n) is 6.66. The molecule has 3 rings (SSSR count). The first kappa shape index (κ1) is 21.0. The highest BCUT2D eigenvalue weighted by Gasteiger charge is 2.35. The predicted octanol–water partition coefficient (Wildman–Crippen LogP) is 3.11. The molecule has 0 saturated carbocycles. The second-order valence-corrected chi connectivity index (χ2v) is 6.66. The van der Waals surface area contributed by atoms with Crippen molar-refractivity contribution in [1.82, 2.24) is 4.90 Å². The number of esters is 2. The molecule has 0 bridgehead atoms. The van der Waals surface area contributed by atoms with E-state index in [1.165, 1.54) is 26.4 Å². The molecule has 0 unspecified atom stereocenters. The van der Waals surface area contributed by atoms with Gasteiger partial charge in [0.1, 0.15) is 11.5 Å². The van der Waals surface area contributed by atoms with Gasteiger partial charge in [0.05, 0.1) is 44.9 Å². The number of methoxy groups -OCH3 is 3. The van der Waals surface area contributed by atoms with Gasteiger partial charge in [0.15, 0.2) is 0 Å². The van der Waals surface area contributed by atoms with Gasteiger partial charge in [-0.3, -0.25) is 0 Å². The minimum absolute atomic E-state index is 0.0254. The average molecular weight is 409 g/mol. The van der Waals surface area contributed by atoms with E-state index in [9.17, 15) is 14.7 Å². The monoisotopic (exact) mass is 409 g/mol. The van der Waals surface area contributed by atoms with Gasteiger partial charge >= 0.3 is 11.9 Å². The molecular formula is C23H23NO6. The van der Waals surface area contributed by atoms with E-state index in [2.05, 4.69) is 0 Å². The molecule has 2 aromatic rings. The van der Waals surface area contributed by atoms with Gasteiger partial charge in [-0.05, 0) is 23.8 Å². The zero-order chi connectivity index (χ0) is 21.7. The third-order valence-corrected chi connectivity index (χ3v) is 4.82. The summed E-state index contributed by atoms with van der Waals surface area (Å²) in [6.07, 6.45) is 3.28. The minimum atomic E-state index is -0.745. The van der Waals surface area contributed by atoms with E-state index in [1.54, 1.807) is 36.5 Å². The van der Waals surface area contributed by atoms with Crippen molar-refractivity contribution in [2.45, 2.75) is 12.5 Å². The van der Waals surface area contributed by atoms with Crippen LogP contribution >= 0.6 is 0 Å². The number of ether oxygens (including phenoxy) is 3. The Bertz CT molecular complexity index is 976. The van der Waals surface area contributed by atoms with E-state index in [4.69, 9.17) is 14.2 Å². The van der Waals surface area contributed by atoms with Crippen molar-refractivity contribution in [3.63, 3.8) is 0 Å². The van der Waals surface area contributed by atoms with Crippen LogP contribution in [0.2, 0.25) is 0 Å². The number of rotatable bonds is 6. The Kier molecular flexibility index (Phi) is 6.41. The normalized spacial score (nSPS) is 13.9. The molecule has 0 aliphatic carbocycles. The van der Waals surface area contributed by atoms with E-state index in [1.807, 2.05) is 24.3 Å². The van der Waals surface area contributed by atoms with E-state index in [0.29, 0.717) is 17.9 Å². The number of carbonyl (C=O) groups excluding carboxylic acids is 2. The third kappa shape index (κ3) is 4.30. The number of nitrogens with zero attached hydrogens (tertiary/aromatic N) is 1. The molecule has 7 heteroatoms. The number of carbonyl (C=O) groups is 2. The quantitative estimate of drug-likeness (QED) is 0.734. The first-order valence-electron chi connectivity index (χ1n) is 9.25. The van der Waals surface area contributed by atoms with Crippen molar-refractivity contribution in [2.75, 3.05) is 21.3 Å². The van der Waals surface area contributed by atoms with Crippen molar-refractivity contribution in [1.29, 1.82) is 0 Å². The molecule has 0 saturated heterocycles. The number of phenolic OH excluding ortho intramolecular Hbond substituents is 1. The highest BCUT2D eigenvalue weighted by atomic mass is 16.5. The van der Waals surface area contributed by atoms with Crippen LogP contribution in [0.25, 0.3) is 0 Å². The Balaban J connectivity index is 2.10. The van der Waals surface area contributed by atoms with Crippen molar-refractivity contribution in [3.8, 4) is 11.5 Å². The first-order valence-corrected chi connectivity index (χ1v) is 9.25. The van der Waals surface area contributed by atoms with Gasteiger partial charge in [-0.2, -0.15) is 0 Å². The third-order valence-electron chi connectivity index (χ3n) is 4.82. The molecule has 1 heterocycles. The van der Waals surface area contributed by atoms with Crippen LogP contribution in [0.1, 0.15) is 17.0 Å². The number of benzene rings is 2. The number of hydrogen-bond acceptors (Lipinski definition) is 7. The van der Waals surface area contributed by atoms with Gasteiger partial charge in [-0.1, -0.05) is 30.3 Å². The smallest absolute Gasteiger partial charge is 0.336 e. The molecule has 2 aromatic carbocycles. The Hall–Kier alpha value is -3.74. The molecule has 0 spiro atoms. The van der Waals surface area contributed by atoms with E-state index >= 15 is 0 Å². The summed E-state index contributed by atoms with van der Waals surface area (Å²) in [6.45, 7) is 0.359. The topological polar surface area (TPSA) is 85.3 Å². The average Bonchev–Trinajstić information content (AvgIpc) is 2.77. The van der Waals surface area contributed by atoms with E-state index in [0.717, 1.165) is 5.56 Å². The zero-order valence-corrected chi connectivity index (χ0v) is 17.0. The number of phenols is 1. The second kappa shape index (κ2) is 9.17. The lowest BCUT2D eigenvalue weighted by Gasteiger charge is -2.30. The summed E-state index contributed by atoms with van der Waals surface area (Å²) >= 11 is 0. The van der Waals surface area contributed by atoms with Gasteiger partial charge in [0.25, 0.3) is 0 Å². The zero-order valence-electron chi connectivity index (χ0n) is 17.0. The van der Waals surface area contributed by atoms with Crippen molar-refractivity contribution < 1.29 is 28.9 Å². The molecule has 1 N–H and O–H groups in total. The highest BCUT2D eigenvalue weighted by molar-refractivity contribution is 5.98. The van der Waals surface area contributed by atoms with Crippen LogP contribution < -0.4 is 4.74 Å². The predicted molar refractivity (Wildman–Crippen MR) is 110 cm³/mol. The van der Waals surface area contributed by atoms with Crippen molar-refractivity contribution in [3.05, 3.63) is 83.2 Å². The van der Waals surface area contributed by atoms with Crippen molar-refractivity contribution in [2.24, 2.45) is 0 Å². The fourth-order valence-corrected chi connectivity index (χ4v) is 3.47. The molecule has 1 aliphatic rings. The standard InChI is InChI=1S/C23H23NO6/c1-28-20-10-5-4-7-16(20)12-24-13-18(22(26)29-2)21(19(14-24)23(27)30-3)15-8-6-9-17(25)11-15/h4-11,13-14,21,25H,12H2,1-3H3. The molecule has 1 aliphatic heterocycles. The molecule has 0 radical (unpaired) electrons. The maximum Gasteiger partial charge on any atom is 0.336 e. The number of para-hydroxylation sites is 1. The number of aromatic hydroxyl groups is 1. The summed E-state index contributed by atoms with van der Waals surface area (Å²) in [5.41, 5.74) is 1.94. The van der Waals surface area contributed by atoms with Crippen LogP contribution in [0.15, 0.2) is 72.1 Å². The fourth-order valence-electron chi connectivity index (χ4n) is 3.47. The Morgan fingerprint density at radius 2 is 1.57 bits per heavy atom. The lowest BCUT2D eigenvalue weighted by atomic mass is 9.83. The van der Waals surface area contributed by atoms with Crippen LogP contribution in [0.3, 0.4) is 0 Å². The first-order chi connectivity index (χ1) is 14.5. The summed E-state index contributed by atoms with van der Waals surface area (Å²) in [5, 5.41) is 9.92. The van der Waals surface area contributed by atoms with Crippen LogP contribution in [-0.2, 0) is 25.6 Å². The molecule has 0 aromatic heterocycles. The Morgan fingerprint density at radius 3 is 2.13 bits per heavy atom. The molecule has 7 nitrogen and oxygen atoms in total. The van der Waals surface area contributed by atoms with Crippen LogP contribution in [0.4, 0.5) is 0 Å². The molecule has 0 atom stereocenters. The van der Waals surface area contributed by atoms with Gasteiger partial charge < -0.3 is 24.2 Å². The van der Waals surface area contributed by atoms with E-state index < -0.39 is 17.9 Å². The lowest BCUT2D eigenvalue weighted by molar-refractivity contribution is -0.137. The SMILES string of the molecule is COC(=O)C1=CN(Cc2ccccc2OC)C=C(C(=O)OC)C1c1cccc(O)c1. The summed E-state index contributed by atoms with van der Waals surface area (Å²) in [6, 6.07) is 13.9. The largest absolute Gasteiger partial charge is 0.508 e. The summed E-state index contributed by atoms with van der Waals surface area (Å²) in [7, 11) is 4.14. The maximum atomic E-state index is 12.6. The van der Waals surface area contributed by atoms with Crippen LogP contribution in [0, 0.1) is 0 Å². The van der Waals surface area contributed by atoms with Gasteiger partial charge in [-0.15, -0.1) is 0 Å². The Labute approximate surface area is 174 Å². The summed E-state index contributed by atoms with van der Waals surface area (Å²) in [5.74, 6) is -1.19. The van der Waals surface area contributed by atoms with Gasteiger partial charge in [0, 0.05) is 18.0 Å². The number of hydrogen-bond donors (Lipinski definition) is 1. The van der Waals surface area contributed by atoms with Crippen molar-refractivity contribution >= 4 is 11.9 Å². The molecule has 156 valence electrons. The maximum absolute atomic E-state index is 12.6. The molecule has 0 fully saturated rings. The highest BCUT2D eigenvalue weighted by Crippen LogP contribution is 2.38. The molecular weight excluding hydrogens is 386 g/mol. The Morgan fingerprint density at radius 1 is 0.933 bits per heavy atom. The van der Waals surface area contributed by atoms with E-state index in [-0.39, 0.29) is 16.9 Å². The van der Waals surface area contributed by atoms with Gasteiger partial charge in [0.2, 0.25) is 0 Å². The lowest BCUT2D eigenvalue weighted by Crippen LogP contribution is -2.28. The summed E-state index contributed by atoms with van der Waals surface area (Å²) in [4.78, 5) is 27.0. The molecule has 30 heavy (non-hydrogen) atoms. The van der Waals surface area contributed by atoms with Gasteiger partial charge in [-0.25, -0.2) is 9.59 Å². The van der Waals surface area contributed by atoms with Crippen LogP contribution in [-0.4, -0.2) is 43.3 Å².